The van der Waals surface area contributed by atoms with Crippen molar-refractivity contribution in [3.63, 3.8) is 0 Å². The van der Waals surface area contributed by atoms with Gasteiger partial charge in [0.1, 0.15) is 6.04 Å². The third kappa shape index (κ3) is 5.41. The maximum absolute atomic E-state index is 13.6. The topological polar surface area (TPSA) is 81.3 Å². The average Bonchev–Trinajstić information content (AvgIpc) is 3.39. The third-order valence-electron chi connectivity index (χ3n) is 6.62. The molecule has 0 bridgehead atoms. The Hall–Kier alpha value is -3.97. The Labute approximate surface area is 204 Å². The number of aromatic nitrogens is 2. The van der Waals surface area contributed by atoms with Gasteiger partial charge in [0, 0.05) is 62.4 Å². The summed E-state index contributed by atoms with van der Waals surface area (Å²) in [6.07, 6.45) is 6.45. The summed E-state index contributed by atoms with van der Waals surface area (Å²) in [6, 6.07) is 20.3. The molecule has 2 aromatic heterocycles. The van der Waals surface area contributed by atoms with Gasteiger partial charge in [-0.15, -0.1) is 0 Å². The Morgan fingerprint density at radius 2 is 1.71 bits per heavy atom. The number of pyridine rings is 1. The van der Waals surface area contributed by atoms with Crippen molar-refractivity contribution in [1.82, 2.24) is 25.1 Å². The van der Waals surface area contributed by atoms with Crippen LogP contribution >= 0.6 is 0 Å². The van der Waals surface area contributed by atoms with Gasteiger partial charge in [0.2, 0.25) is 5.91 Å². The molecule has 1 aliphatic heterocycles. The molecular formula is C28H29N5O2. The molecule has 0 saturated carbocycles. The first-order chi connectivity index (χ1) is 17.2. The van der Waals surface area contributed by atoms with Crippen molar-refractivity contribution in [1.29, 1.82) is 0 Å². The highest BCUT2D eigenvalue weighted by molar-refractivity contribution is 6.00. The van der Waals surface area contributed by atoms with Crippen LogP contribution in [0.3, 0.4) is 0 Å². The predicted molar refractivity (Wildman–Crippen MR) is 136 cm³/mol. The smallest absolute Gasteiger partial charge is 0.252 e. The second-order valence-electron chi connectivity index (χ2n) is 8.87. The largest absolute Gasteiger partial charge is 0.361 e. The summed E-state index contributed by atoms with van der Waals surface area (Å²) < 4.78 is 0. The van der Waals surface area contributed by atoms with Crippen LogP contribution in [0.25, 0.3) is 10.9 Å². The number of aromatic amines is 1. The summed E-state index contributed by atoms with van der Waals surface area (Å²) in [5.74, 6) is -0.334. The Kier molecular flexibility index (Phi) is 6.86. The minimum atomic E-state index is -0.730. The van der Waals surface area contributed by atoms with E-state index in [1.165, 1.54) is 5.56 Å². The van der Waals surface area contributed by atoms with Crippen molar-refractivity contribution in [2.75, 3.05) is 32.7 Å². The van der Waals surface area contributed by atoms with Gasteiger partial charge >= 0.3 is 0 Å². The van der Waals surface area contributed by atoms with Gasteiger partial charge in [0.15, 0.2) is 0 Å². The maximum atomic E-state index is 13.6. The van der Waals surface area contributed by atoms with Crippen molar-refractivity contribution in [2.45, 2.75) is 12.5 Å². The zero-order chi connectivity index (χ0) is 24.0. The number of fused-ring (bicyclic) bond motifs is 1. The summed E-state index contributed by atoms with van der Waals surface area (Å²) in [5, 5.41) is 4.04. The molecule has 1 saturated heterocycles. The van der Waals surface area contributed by atoms with Crippen LogP contribution in [0.15, 0.2) is 85.3 Å². The molecule has 35 heavy (non-hydrogen) atoms. The van der Waals surface area contributed by atoms with E-state index in [0.29, 0.717) is 18.7 Å². The number of carbonyl (C=O) groups excluding carboxylic acids is 2. The number of nitrogens with one attached hydrogen (secondary N) is 2. The molecule has 0 unspecified atom stereocenters. The number of benzene rings is 2. The summed E-state index contributed by atoms with van der Waals surface area (Å²) in [4.78, 5) is 38.2. The van der Waals surface area contributed by atoms with Crippen LogP contribution in [0.1, 0.15) is 27.5 Å². The first-order valence-corrected chi connectivity index (χ1v) is 12.0. The average molecular weight is 468 g/mol. The lowest BCUT2D eigenvalue weighted by atomic mass is 10.0. The summed E-state index contributed by atoms with van der Waals surface area (Å²) in [7, 11) is 0. The molecule has 2 aromatic carbocycles. The highest BCUT2D eigenvalue weighted by Crippen LogP contribution is 2.20. The molecule has 7 nitrogen and oxygen atoms in total. The number of nitrogens with zero attached hydrogens (tertiary/aromatic N) is 3. The van der Waals surface area contributed by atoms with Crippen molar-refractivity contribution >= 4 is 22.7 Å². The standard InChI is InChI=1S/C28H29N5O2/c34-27(24-7-6-22-10-14-30-25(22)20-24)31-26(23-4-2-1-3-5-23)28(35)33-18-16-32(17-19-33)15-11-21-8-12-29-13-9-21/h1-10,12-14,20,26,30H,11,15-19H2,(H,31,34)/t26-/m1/s1. The van der Waals surface area contributed by atoms with Crippen molar-refractivity contribution in [3.8, 4) is 0 Å². The van der Waals surface area contributed by atoms with E-state index >= 15 is 0 Å². The Morgan fingerprint density at radius 3 is 2.49 bits per heavy atom. The molecule has 1 aliphatic rings. The van der Waals surface area contributed by atoms with E-state index in [4.69, 9.17) is 0 Å². The lowest BCUT2D eigenvalue weighted by Crippen LogP contribution is -2.52. The fourth-order valence-corrected chi connectivity index (χ4v) is 4.55. The zero-order valence-corrected chi connectivity index (χ0v) is 19.6. The number of amides is 2. The van der Waals surface area contributed by atoms with Gasteiger partial charge in [-0.3, -0.25) is 19.5 Å². The fraction of sp³-hybridized carbons (Fsp3) is 0.250. The molecule has 0 aliphatic carbocycles. The molecule has 1 fully saturated rings. The van der Waals surface area contributed by atoms with Crippen molar-refractivity contribution < 1.29 is 9.59 Å². The number of piperazine rings is 1. The first-order valence-electron chi connectivity index (χ1n) is 12.0. The molecule has 0 spiro atoms. The molecule has 7 heteroatoms. The van der Waals surface area contributed by atoms with E-state index in [2.05, 4.69) is 20.2 Å². The monoisotopic (exact) mass is 467 g/mol. The zero-order valence-electron chi connectivity index (χ0n) is 19.6. The second kappa shape index (κ2) is 10.5. The molecule has 3 heterocycles. The normalized spacial score (nSPS) is 15.1. The van der Waals surface area contributed by atoms with Gasteiger partial charge in [0.25, 0.3) is 5.91 Å². The van der Waals surface area contributed by atoms with E-state index in [9.17, 15) is 9.59 Å². The summed E-state index contributed by atoms with van der Waals surface area (Å²) in [6.45, 7) is 3.86. The van der Waals surface area contributed by atoms with Gasteiger partial charge in [0.05, 0.1) is 0 Å². The molecule has 5 rings (SSSR count). The number of hydrogen-bond donors (Lipinski definition) is 2. The molecule has 4 aromatic rings. The maximum Gasteiger partial charge on any atom is 0.252 e. The van der Waals surface area contributed by atoms with E-state index in [1.807, 2.05) is 84.2 Å². The van der Waals surface area contributed by atoms with Gasteiger partial charge < -0.3 is 15.2 Å². The van der Waals surface area contributed by atoms with E-state index in [1.54, 1.807) is 6.07 Å². The highest BCUT2D eigenvalue weighted by atomic mass is 16.2. The van der Waals surface area contributed by atoms with Gasteiger partial charge in [-0.05, 0) is 53.3 Å². The van der Waals surface area contributed by atoms with E-state index < -0.39 is 6.04 Å². The SMILES string of the molecule is O=C(N[C@@H](C(=O)N1CCN(CCc2ccncc2)CC1)c1ccccc1)c1ccc2cc[nH]c2c1. The number of carbonyl (C=O) groups is 2. The van der Waals surface area contributed by atoms with Crippen molar-refractivity contribution in [2.24, 2.45) is 0 Å². The first kappa shape index (κ1) is 22.8. The van der Waals surface area contributed by atoms with Crippen LogP contribution in [0, 0.1) is 0 Å². The third-order valence-corrected chi connectivity index (χ3v) is 6.62. The molecule has 1 atom stereocenters. The molecule has 2 amide bonds. The molecular weight excluding hydrogens is 438 g/mol. The fourth-order valence-electron chi connectivity index (χ4n) is 4.55. The van der Waals surface area contributed by atoms with Crippen LogP contribution < -0.4 is 5.32 Å². The highest BCUT2D eigenvalue weighted by Gasteiger charge is 2.30. The Bertz CT molecular complexity index is 1280. The number of rotatable bonds is 7. The summed E-state index contributed by atoms with van der Waals surface area (Å²) >= 11 is 0. The summed E-state index contributed by atoms with van der Waals surface area (Å²) in [5.41, 5.74) is 3.47. The van der Waals surface area contributed by atoms with E-state index in [-0.39, 0.29) is 11.8 Å². The molecule has 0 radical (unpaired) electrons. The van der Waals surface area contributed by atoms with E-state index in [0.717, 1.165) is 42.5 Å². The van der Waals surface area contributed by atoms with Crippen LogP contribution in [-0.4, -0.2) is 64.3 Å². The molecule has 178 valence electrons. The van der Waals surface area contributed by atoms with Crippen LogP contribution in [0.4, 0.5) is 0 Å². The van der Waals surface area contributed by atoms with Crippen LogP contribution in [-0.2, 0) is 11.2 Å². The minimum absolute atomic E-state index is 0.0701. The lowest BCUT2D eigenvalue weighted by molar-refractivity contribution is -0.135. The minimum Gasteiger partial charge on any atom is -0.361 e. The van der Waals surface area contributed by atoms with Gasteiger partial charge in [-0.1, -0.05) is 36.4 Å². The Balaban J connectivity index is 1.25. The second-order valence-corrected chi connectivity index (χ2v) is 8.87. The molecule has 2 N–H and O–H groups in total. The number of hydrogen-bond acceptors (Lipinski definition) is 4. The lowest BCUT2D eigenvalue weighted by Gasteiger charge is -2.36. The van der Waals surface area contributed by atoms with Crippen LogP contribution in [0.5, 0.6) is 0 Å². The van der Waals surface area contributed by atoms with Gasteiger partial charge in [-0.2, -0.15) is 0 Å². The van der Waals surface area contributed by atoms with Crippen molar-refractivity contribution in [3.05, 3.63) is 102 Å². The van der Waals surface area contributed by atoms with Crippen LogP contribution in [0.2, 0.25) is 0 Å². The number of H-pyrrole nitrogens is 1. The quantitative estimate of drug-likeness (QED) is 0.436. The predicted octanol–water partition coefficient (Wildman–Crippen LogP) is 3.42. The Morgan fingerprint density at radius 1 is 0.943 bits per heavy atom. The van der Waals surface area contributed by atoms with Gasteiger partial charge in [-0.25, -0.2) is 0 Å².